The molecule has 1 rings (SSSR count). The molecule has 0 saturated carbocycles. The largest absolute Gasteiger partial charge is 0.390 e. The van der Waals surface area contributed by atoms with Crippen molar-refractivity contribution in [3.8, 4) is 0 Å². The van der Waals surface area contributed by atoms with Crippen LogP contribution >= 0.6 is 0 Å². The Kier molecular flexibility index (Phi) is 3.50. The molecule has 1 fully saturated rings. The Morgan fingerprint density at radius 2 is 1.92 bits per heavy atom. The van der Waals surface area contributed by atoms with Crippen molar-refractivity contribution in [3.63, 3.8) is 0 Å². The normalized spacial score (nSPS) is 34.0. The fourth-order valence-electron chi connectivity index (χ4n) is 1.77. The first kappa shape index (κ1) is 9.96. The molecule has 3 unspecified atom stereocenters. The smallest absolute Gasteiger partial charge is 0.0789 e. The Balaban J connectivity index is 2.27. The Labute approximate surface area is 74.5 Å². The molecule has 12 heavy (non-hydrogen) atoms. The molecular weight excluding hydrogens is 152 g/mol. The van der Waals surface area contributed by atoms with Gasteiger partial charge in [-0.3, -0.25) is 0 Å². The molecule has 0 aromatic carbocycles. The van der Waals surface area contributed by atoms with E-state index in [9.17, 15) is 5.11 Å². The van der Waals surface area contributed by atoms with Gasteiger partial charge in [-0.2, -0.15) is 0 Å². The molecular formula is C9H20N2O. The lowest BCUT2D eigenvalue weighted by molar-refractivity contribution is 0.129. The molecule has 1 aliphatic rings. The van der Waals surface area contributed by atoms with Gasteiger partial charge in [0, 0.05) is 26.2 Å². The fourth-order valence-corrected chi connectivity index (χ4v) is 1.77. The quantitative estimate of drug-likeness (QED) is 0.624. The highest BCUT2D eigenvalue weighted by Crippen LogP contribution is 2.21. The molecule has 0 amide bonds. The van der Waals surface area contributed by atoms with Crippen LogP contribution in [0, 0.1) is 11.8 Å². The lowest BCUT2D eigenvalue weighted by Gasteiger charge is -2.18. The second-order valence-electron chi connectivity index (χ2n) is 4.06. The lowest BCUT2D eigenvalue weighted by Crippen LogP contribution is -2.35. The highest BCUT2D eigenvalue weighted by molar-refractivity contribution is 4.79. The van der Waals surface area contributed by atoms with Gasteiger partial charge >= 0.3 is 0 Å². The van der Waals surface area contributed by atoms with Crippen LogP contribution in [-0.2, 0) is 0 Å². The Bertz CT molecular complexity index is 130. The average molecular weight is 172 g/mol. The third-order valence-corrected chi connectivity index (χ3v) is 2.80. The van der Waals surface area contributed by atoms with Crippen molar-refractivity contribution in [1.82, 2.24) is 4.90 Å². The molecule has 1 saturated heterocycles. The van der Waals surface area contributed by atoms with Crippen molar-refractivity contribution >= 4 is 0 Å². The SMILES string of the molecule is CC1CN(CC(O)CN)CC1C. The number of hydrogen-bond donors (Lipinski definition) is 2. The first-order valence-electron chi connectivity index (χ1n) is 4.74. The number of aliphatic hydroxyl groups is 1. The molecule has 3 N–H and O–H groups in total. The minimum absolute atomic E-state index is 0.345. The number of nitrogens with zero attached hydrogens (tertiary/aromatic N) is 1. The number of hydrogen-bond acceptors (Lipinski definition) is 3. The van der Waals surface area contributed by atoms with Gasteiger partial charge in [-0.1, -0.05) is 13.8 Å². The number of aliphatic hydroxyl groups excluding tert-OH is 1. The van der Waals surface area contributed by atoms with Gasteiger partial charge in [-0.25, -0.2) is 0 Å². The topological polar surface area (TPSA) is 49.5 Å². The van der Waals surface area contributed by atoms with Crippen LogP contribution in [0.3, 0.4) is 0 Å². The summed E-state index contributed by atoms with van der Waals surface area (Å²) in [6.45, 7) is 7.86. The van der Waals surface area contributed by atoms with E-state index >= 15 is 0 Å². The van der Waals surface area contributed by atoms with Gasteiger partial charge in [0.25, 0.3) is 0 Å². The Hall–Kier alpha value is -0.120. The zero-order chi connectivity index (χ0) is 9.14. The number of rotatable bonds is 3. The molecule has 3 heteroatoms. The summed E-state index contributed by atoms with van der Waals surface area (Å²) in [5.41, 5.74) is 5.34. The van der Waals surface area contributed by atoms with Crippen LogP contribution in [0.5, 0.6) is 0 Å². The van der Waals surface area contributed by atoms with Crippen molar-refractivity contribution in [2.24, 2.45) is 17.6 Å². The zero-order valence-corrected chi connectivity index (χ0v) is 8.03. The fraction of sp³-hybridized carbons (Fsp3) is 1.00. The van der Waals surface area contributed by atoms with Crippen LogP contribution in [0.4, 0.5) is 0 Å². The van der Waals surface area contributed by atoms with E-state index in [4.69, 9.17) is 5.73 Å². The van der Waals surface area contributed by atoms with Gasteiger partial charge in [0.05, 0.1) is 6.10 Å². The predicted octanol–water partition coefficient (Wildman–Crippen LogP) is -0.106. The van der Waals surface area contributed by atoms with Crippen molar-refractivity contribution in [3.05, 3.63) is 0 Å². The van der Waals surface area contributed by atoms with Crippen LogP contribution in [0.2, 0.25) is 0 Å². The van der Waals surface area contributed by atoms with Crippen molar-refractivity contribution in [1.29, 1.82) is 0 Å². The van der Waals surface area contributed by atoms with Crippen LogP contribution < -0.4 is 5.73 Å². The minimum atomic E-state index is -0.345. The maximum absolute atomic E-state index is 9.32. The highest BCUT2D eigenvalue weighted by Gasteiger charge is 2.26. The van der Waals surface area contributed by atoms with Gasteiger partial charge < -0.3 is 15.7 Å². The zero-order valence-electron chi connectivity index (χ0n) is 8.03. The second-order valence-corrected chi connectivity index (χ2v) is 4.06. The second kappa shape index (κ2) is 4.21. The number of likely N-dealkylation sites (tertiary alicyclic amines) is 1. The van der Waals surface area contributed by atoms with E-state index in [1.54, 1.807) is 0 Å². The summed E-state index contributed by atoms with van der Waals surface area (Å²) < 4.78 is 0. The maximum atomic E-state index is 9.32. The van der Waals surface area contributed by atoms with Gasteiger partial charge in [-0.15, -0.1) is 0 Å². The first-order chi connectivity index (χ1) is 5.63. The molecule has 0 aliphatic carbocycles. The summed E-state index contributed by atoms with van der Waals surface area (Å²) in [4.78, 5) is 2.30. The maximum Gasteiger partial charge on any atom is 0.0789 e. The van der Waals surface area contributed by atoms with E-state index in [1.165, 1.54) is 0 Å². The van der Waals surface area contributed by atoms with E-state index in [0.717, 1.165) is 31.5 Å². The Morgan fingerprint density at radius 1 is 1.42 bits per heavy atom. The standard InChI is InChI=1S/C9H20N2O/c1-7-4-11(5-8(7)2)6-9(12)3-10/h7-9,12H,3-6,10H2,1-2H3. The third kappa shape index (κ3) is 2.44. The molecule has 72 valence electrons. The van der Waals surface area contributed by atoms with Gasteiger partial charge in [-0.05, 0) is 11.8 Å². The molecule has 3 atom stereocenters. The summed E-state index contributed by atoms with van der Waals surface area (Å²) in [5.74, 6) is 1.52. The third-order valence-electron chi connectivity index (χ3n) is 2.80. The number of β-amino-alcohol motifs (C(OH)–C–C–N with tert-alkyl or cyclic N) is 1. The van der Waals surface area contributed by atoms with Crippen molar-refractivity contribution in [2.45, 2.75) is 20.0 Å². The lowest BCUT2D eigenvalue weighted by atomic mass is 10.0. The first-order valence-corrected chi connectivity index (χ1v) is 4.74. The molecule has 0 aromatic rings. The van der Waals surface area contributed by atoms with E-state index in [-0.39, 0.29) is 6.10 Å². The minimum Gasteiger partial charge on any atom is -0.390 e. The summed E-state index contributed by atoms with van der Waals surface area (Å²) in [7, 11) is 0. The summed E-state index contributed by atoms with van der Waals surface area (Å²) in [6.07, 6.45) is -0.345. The van der Waals surface area contributed by atoms with E-state index in [0.29, 0.717) is 6.54 Å². The highest BCUT2D eigenvalue weighted by atomic mass is 16.3. The summed E-state index contributed by atoms with van der Waals surface area (Å²) in [6, 6.07) is 0. The molecule has 3 nitrogen and oxygen atoms in total. The van der Waals surface area contributed by atoms with Gasteiger partial charge in [0.1, 0.15) is 0 Å². The summed E-state index contributed by atoms with van der Waals surface area (Å²) in [5, 5.41) is 9.32. The molecule has 1 aliphatic heterocycles. The number of nitrogens with two attached hydrogens (primary N) is 1. The van der Waals surface area contributed by atoms with E-state index in [1.807, 2.05) is 0 Å². The predicted molar refractivity (Wildman–Crippen MR) is 49.8 cm³/mol. The average Bonchev–Trinajstić information content (AvgIpc) is 2.31. The van der Waals surface area contributed by atoms with Crippen molar-refractivity contribution in [2.75, 3.05) is 26.2 Å². The monoisotopic (exact) mass is 172 g/mol. The van der Waals surface area contributed by atoms with E-state index < -0.39 is 0 Å². The van der Waals surface area contributed by atoms with Crippen LogP contribution in [0.1, 0.15) is 13.8 Å². The summed E-state index contributed by atoms with van der Waals surface area (Å²) >= 11 is 0. The van der Waals surface area contributed by atoms with Crippen LogP contribution in [-0.4, -0.2) is 42.3 Å². The molecule has 0 bridgehead atoms. The van der Waals surface area contributed by atoms with E-state index in [2.05, 4.69) is 18.7 Å². The molecule has 0 aromatic heterocycles. The molecule has 0 radical (unpaired) electrons. The molecule has 1 heterocycles. The van der Waals surface area contributed by atoms with Crippen LogP contribution in [0.25, 0.3) is 0 Å². The molecule has 0 spiro atoms. The van der Waals surface area contributed by atoms with Crippen LogP contribution in [0.15, 0.2) is 0 Å². The van der Waals surface area contributed by atoms with Gasteiger partial charge in [0.2, 0.25) is 0 Å². The van der Waals surface area contributed by atoms with Gasteiger partial charge in [0.15, 0.2) is 0 Å². The Morgan fingerprint density at radius 3 is 2.33 bits per heavy atom. The van der Waals surface area contributed by atoms with Crippen molar-refractivity contribution < 1.29 is 5.11 Å².